The quantitative estimate of drug-likeness (QED) is 0.319. The van der Waals surface area contributed by atoms with Crippen LogP contribution in [0.5, 0.6) is 0 Å². The molecule has 9 nitrogen and oxygen atoms in total. The number of hydrogen-bond donors (Lipinski definition) is 1. The van der Waals surface area contributed by atoms with Crippen molar-refractivity contribution in [3.8, 4) is 0 Å². The van der Waals surface area contributed by atoms with E-state index in [4.69, 9.17) is 9.26 Å². The number of likely N-dealkylation sites (tertiary alicyclic amines) is 1. The number of ether oxygens (including phenoxy) is 1. The molecule has 1 amide bonds. The number of aromatic nitrogens is 2. The number of carbonyl (C=O) groups excluding carboxylic acids is 1. The van der Waals surface area contributed by atoms with Gasteiger partial charge >= 0.3 is 6.09 Å². The second-order valence-electron chi connectivity index (χ2n) is 11.0. The van der Waals surface area contributed by atoms with E-state index < -0.39 is 5.60 Å². The van der Waals surface area contributed by atoms with Gasteiger partial charge in [-0.2, -0.15) is 4.98 Å². The van der Waals surface area contributed by atoms with Gasteiger partial charge in [0.05, 0.1) is 6.54 Å². The summed E-state index contributed by atoms with van der Waals surface area (Å²) in [6.45, 7) is 14.8. The van der Waals surface area contributed by atoms with Crippen LogP contribution in [0.4, 0.5) is 4.79 Å². The molecule has 0 unspecified atom stereocenters. The number of nitrogens with one attached hydrogen (secondary N) is 1. The van der Waals surface area contributed by atoms with Gasteiger partial charge in [0.2, 0.25) is 5.89 Å². The number of rotatable bonds is 5. The molecule has 33 heavy (non-hydrogen) atoms. The van der Waals surface area contributed by atoms with Crippen LogP contribution in [0.25, 0.3) is 0 Å². The molecule has 0 atom stereocenters. The predicted octanol–water partition coefficient (Wildman–Crippen LogP) is 4.17. The van der Waals surface area contributed by atoms with Gasteiger partial charge in [-0.3, -0.25) is 4.99 Å². The Hall–Kier alpha value is -1.59. The van der Waals surface area contributed by atoms with Crippen LogP contribution < -0.4 is 5.32 Å². The minimum absolute atomic E-state index is 0. The molecule has 2 fully saturated rings. The smallest absolute Gasteiger partial charge is 0.410 e. The Morgan fingerprint density at radius 2 is 1.82 bits per heavy atom. The molecule has 2 aliphatic rings. The average Bonchev–Trinajstić information content (AvgIpc) is 3.39. The normalized spacial score (nSPS) is 18.0. The van der Waals surface area contributed by atoms with Gasteiger partial charge in [-0.15, -0.1) is 24.0 Å². The lowest BCUT2D eigenvalue weighted by Crippen LogP contribution is -2.52. The van der Waals surface area contributed by atoms with Gasteiger partial charge in [0.15, 0.2) is 11.8 Å². The molecule has 1 aliphatic carbocycles. The second kappa shape index (κ2) is 11.2. The predicted molar refractivity (Wildman–Crippen MR) is 139 cm³/mol. The van der Waals surface area contributed by atoms with Crippen LogP contribution in [-0.4, -0.2) is 70.3 Å². The van der Waals surface area contributed by atoms with Crippen molar-refractivity contribution in [1.29, 1.82) is 0 Å². The summed E-state index contributed by atoms with van der Waals surface area (Å²) in [5.41, 5.74) is -0.650. The lowest BCUT2D eigenvalue weighted by molar-refractivity contribution is 0.00928. The Kier molecular flexibility index (Phi) is 9.41. The number of guanidine groups is 1. The Bertz CT molecular complexity index is 802. The van der Waals surface area contributed by atoms with Gasteiger partial charge in [-0.1, -0.05) is 25.9 Å². The third-order valence-corrected chi connectivity index (χ3v) is 5.71. The summed E-state index contributed by atoms with van der Waals surface area (Å²) in [7, 11) is 1.78. The van der Waals surface area contributed by atoms with Gasteiger partial charge < -0.3 is 24.4 Å². The fourth-order valence-corrected chi connectivity index (χ4v) is 3.78. The van der Waals surface area contributed by atoms with Crippen LogP contribution in [0, 0.1) is 5.92 Å². The van der Waals surface area contributed by atoms with Gasteiger partial charge in [0.25, 0.3) is 0 Å². The fourth-order valence-electron chi connectivity index (χ4n) is 3.78. The average molecular weight is 577 g/mol. The zero-order valence-corrected chi connectivity index (χ0v) is 23.5. The van der Waals surface area contributed by atoms with Gasteiger partial charge in [-0.25, -0.2) is 4.79 Å². The number of hydrogen-bond acceptors (Lipinski definition) is 6. The van der Waals surface area contributed by atoms with Crippen LogP contribution in [0.2, 0.25) is 0 Å². The highest BCUT2D eigenvalue weighted by Crippen LogP contribution is 2.32. The van der Waals surface area contributed by atoms with Gasteiger partial charge in [0.1, 0.15) is 5.60 Å². The van der Waals surface area contributed by atoms with Crippen molar-refractivity contribution in [2.24, 2.45) is 10.9 Å². The first-order valence-corrected chi connectivity index (χ1v) is 11.7. The molecular weight excluding hydrogens is 535 g/mol. The summed E-state index contributed by atoms with van der Waals surface area (Å²) in [5, 5.41) is 7.42. The van der Waals surface area contributed by atoms with E-state index in [0.29, 0.717) is 24.2 Å². The zero-order chi connectivity index (χ0) is 23.5. The van der Waals surface area contributed by atoms with Crippen LogP contribution in [0.15, 0.2) is 9.52 Å². The minimum Gasteiger partial charge on any atom is -0.444 e. The van der Waals surface area contributed by atoms with Crippen LogP contribution in [-0.2, 0) is 16.7 Å². The van der Waals surface area contributed by atoms with E-state index in [-0.39, 0.29) is 41.5 Å². The van der Waals surface area contributed by atoms with Gasteiger partial charge in [-0.05, 0) is 52.4 Å². The number of carbonyl (C=O) groups is 1. The highest BCUT2D eigenvalue weighted by molar-refractivity contribution is 14.0. The maximum atomic E-state index is 12.9. The van der Waals surface area contributed by atoms with E-state index in [1.54, 1.807) is 7.05 Å². The summed E-state index contributed by atoms with van der Waals surface area (Å²) in [5.74, 6) is 2.69. The van der Waals surface area contributed by atoms with Crippen LogP contribution in [0.3, 0.4) is 0 Å². The van der Waals surface area contributed by atoms with E-state index >= 15 is 0 Å². The summed E-state index contributed by atoms with van der Waals surface area (Å²) in [6, 6.07) is 0.200. The fraction of sp³-hybridized carbons (Fsp3) is 0.826. The maximum Gasteiger partial charge on any atom is 0.410 e. The van der Waals surface area contributed by atoms with E-state index in [9.17, 15) is 4.79 Å². The molecule has 1 aliphatic heterocycles. The molecule has 0 spiro atoms. The molecule has 0 radical (unpaired) electrons. The highest BCUT2D eigenvalue weighted by atomic mass is 127. The second-order valence-corrected chi connectivity index (χ2v) is 11.0. The molecule has 0 aromatic carbocycles. The molecule has 1 saturated heterocycles. The van der Waals surface area contributed by atoms with Crippen molar-refractivity contribution in [1.82, 2.24) is 25.3 Å². The Labute approximate surface area is 215 Å². The molecule has 10 heteroatoms. The van der Waals surface area contributed by atoms with Gasteiger partial charge in [0, 0.05) is 38.1 Å². The first kappa shape index (κ1) is 27.7. The summed E-state index contributed by atoms with van der Waals surface area (Å²) in [4.78, 5) is 26.0. The monoisotopic (exact) mass is 576 g/mol. The third-order valence-electron chi connectivity index (χ3n) is 5.71. The summed E-state index contributed by atoms with van der Waals surface area (Å²) < 4.78 is 11.1. The molecular formula is C23H41IN6O3. The van der Waals surface area contributed by atoms with E-state index in [2.05, 4.69) is 25.3 Å². The molecule has 1 aromatic heterocycles. The van der Waals surface area contributed by atoms with Crippen LogP contribution in [0.1, 0.15) is 78.9 Å². The minimum atomic E-state index is -0.479. The lowest BCUT2D eigenvalue weighted by Gasteiger charge is -2.40. The maximum absolute atomic E-state index is 12.9. The third kappa shape index (κ3) is 8.29. The van der Waals surface area contributed by atoms with Crippen molar-refractivity contribution in [2.75, 3.05) is 26.7 Å². The standard InChI is InChI=1S/C23H40N6O3.HI/c1-22(2,3)19-26-18(27-32-19)14-25-20(24-7)28-12-10-17(11-13-28)29(15-16-8-9-16)21(30)31-23(4,5)6;/h16-17H,8-15H2,1-7H3,(H,24,25);1H. The molecule has 0 bridgehead atoms. The molecule has 3 rings (SSSR count). The lowest BCUT2D eigenvalue weighted by atomic mass is 9.97. The van der Waals surface area contributed by atoms with Crippen molar-refractivity contribution in [2.45, 2.75) is 90.8 Å². The van der Waals surface area contributed by atoms with Crippen molar-refractivity contribution < 1.29 is 14.1 Å². The number of aliphatic imine (C=N–C) groups is 1. The molecule has 188 valence electrons. The molecule has 1 aromatic rings. The number of nitrogens with zero attached hydrogens (tertiary/aromatic N) is 5. The first-order chi connectivity index (χ1) is 15.0. The number of piperidine rings is 1. The number of amides is 1. The Morgan fingerprint density at radius 3 is 2.30 bits per heavy atom. The summed E-state index contributed by atoms with van der Waals surface area (Å²) in [6.07, 6.45) is 4.02. The number of halogens is 1. The summed E-state index contributed by atoms with van der Waals surface area (Å²) >= 11 is 0. The highest BCUT2D eigenvalue weighted by Gasteiger charge is 2.35. The largest absolute Gasteiger partial charge is 0.444 e. The SMILES string of the molecule is CN=C(NCc1noc(C(C)(C)C)n1)N1CCC(N(CC2CC2)C(=O)OC(C)(C)C)CC1.I. The Balaban J connectivity index is 0.00000385. The van der Waals surface area contributed by atoms with Crippen molar-refractivity contribution >= 4 is 36.0 Å². The molecule has 2 heterocycles. The van der Waals surface area contributed by atoms with Crippen LogP contribution >= 0.6 is 24.0 Å². The van der Waals surface area contributed by atoms with E-state index in [1.807, 2.05) is 46.4 Å². The van der Waals surface area contributed by atoms with E-state index in [0.717, 1.165) is 38.4 Å². The Morgan fingerprint density at radius 1 is 1.18 bits per heavy atom. The van der Waals surface area contributed by atoms with Crippen molar-refractivity contribution in [3.63, 3.8) is 0 Å². The topological polar surface area (TPSA) is 96.1 Å². The first-order valence-electron chi connectivity index (χ1n) is 11.7. The molecule has 1 saturated carbocycles. The zero-order valence-electron chi connectivity index (χ0n) is 21.2. The van der Waals surface area contributed by atoms with Crippen molar-refractivity contribution in [3.05, 3.63) is 11.7 Å². The molecule has 1 N–H and O–H groups in total. The van der Waals surface area contributed by atoms with E-state index in [1.165, 1.54) is 12.8 Å².